The summed E-state index contributed by atoms with van der Waals surface area (Å²) in [4.78, 5) is 26.6. The maximum atomic E-state index is 11.6. The number of pyridine rings is 1. The summed E-state index contributed by atoms with van der Waals surface area (Å²) in [6, 6.07) is 2.49. The Morgan fingerprint density at radius 3 is 2.85 bits per heavy atom. The van der Waals surface area contributed by atoms with E-state index in [4.69, 9.17) is 5.11 Å². The van der Waals surface area contributed by atoms with E-state index < -0.39 is 18.0 Å². The number of hydrogen-bond acceptors (Lipinski definition) is 3. The Balaban J connectivity index is 2.29. The number of nitrogens with zero attached hydrogens (tertiary/aromatic N) is 1. The second kappa shape index (κ2) is 8.90. The van der Waals surface area contributed by atoms with Gasteiger partial charge in [-0.2, -0.15) is 0 Å². The van der Waals surface area contributed by atoms with Gasteiger partial charge < -0.3 is 15.7 Å². The van der Waals surface area contributed by atoms with E-state index in [1.165, 1.54) is 0 Å². The number of nitrogens with one attached hydrogen (secondary N) is 2. The molecule has 1 rings (SSSR count). The fourth-order valence-corrected chi connectivity index (χ4v) is 1.74. The molecule has 2 amide bonds. The van der Waals surface area contributed by atoms with Crippen molar-refractivity contribution in [1.29, 1.82) is 0 Å². The fraction of sp³-hybridized carbons (Fsp3) is 0.500. The number of urea groups is 1. The minimum Gasteiger partial charge on any atom is -0.480 e. The Morgan fingerprint density at radius 2 is 2.25 bits per heavy atom. The van der Waals surface area contributed by atoms with Gasteiger partial charge in [-0.3, -0.25) is 4.98 Å². The molecule has 6 heteroatoms. The highest BCUT2D eigenvalue weighted by molar-refractivity contribution is 5.82. The van der Waals surface area contributed by atoms with Crippen molar-refractivity contribution in [2.24, 2.45) is 0 Å². The van der Waals surface area contributed by atoms with E-state index in [1.54, 1.807) is 12.4 Å². The average Bonchev–Trinajstić information content (AvgIpc) is 2.44. The molecule has 1 aromatic rings. The zero-order valence-corrected chi connectivity index (χ0v) is 11.6. The lowest BCUT2D eigenvalue weighted by Crippen LogP contribution is -2.46. The van der Waals surface area contributed by atoms with Gasteiger partial charge >= 0.3 is 12.0 Å². The van der Waals surface area contributed by atoms with E-state index in [-0.39, 0.29) is 0 Å². The first-order valence-corrected chi connectivity index (χ1v) is 6.79. The van der Waals surface area contributed by atoms with Crippen LogP contribution in [-0.2, 0) is 11.2 Å². The molecular formula is C14H21N3O3. The van der Waals surface area contributed by atoms with Gasteiger partial charge in [-0.1, -0.05) is 25.8 Å². The zero-order chi connectivity index (χ0) is 14.8. The van der Waals surface area contributed by atoms with E-state index in [2.05, 4.69) is 15.6 Å². The van der Waals surface area contributed by atoms with Gasteiger partial charge in [0, 0.05) is 18.9 Å². The first kappa shape index (κ1) is 15.9. The van der Waals surface area contributed by atoms with E-state index in [9.17, 15) is 9.59 Å². The van der Waals surface area contributed by atoms with Crippen molar-refractivity contribution in [2.75, 3.05) is 6.54 Å². The highest BCUT2D eigenvalue weighted by Gasteiger charge is 2.18. The monoisotopic (exact) mass is 279 g/mol. The molecule has 1 unspecified atom stereocenters. The van der Waals surface area contributed by atoms with Crippen LogP contribution < -0.4 is 10.6 Å². The molecule has 20 heavy (non-hydrogen) atoms. The number of carbonyl (C=O) groups is 2. The van der Waals surface area contributed by atoms with Crippen molar-refractivity contribution in [1.82, 2.24) is 15.6 Å². The lowest BCUT2D eigenvalue weighted by Gasteiger charge is -2.14. The largest absolute Gasteiger partial charge is 0.480 e. The number of aromatic nitrogens is 1. The summed E-state index contributed by atoms with van der Waals surface area (Å²) in [5.74, 6) is -0.999. The third-order valence-electron chi connectivity index (χ3n) is 2.87. The van der Waals surface area contributed by atoms with Crippen LogP contribution in [-0.4, -0.2) is 34.7 Å². The van der Waals surface area contributed by atoms with E-state index in [1.807, 2.05) is 19.1 Å². The first-order chi connectivity index (χ1) is 9.63. The van der Waals surface area contributed by atoms with Crippen molar-refractivity contribution >= 4 is 12.0 Å². The Bertz CT molecular complexity index is 423. The maximum absolute atomic E-state index is 11.6. The number of carboxylic acid groups (broad SMARTS) is 1. The molecule has 6 nitrogen and oxygen atoms in total. The highest BCUT2D eigenvalue weighted by Crippen LogP contribution is 2.01. The van der Waals surface area contributed by atoms with Gasteiger partial charge in [-0.05, 0) is 24.5 Å². The summed E-state index contributed by atoms with van der Waals surface area (Å²) in [5.41, 5.74) is 1.02. The van der Waals surface area contributed by atoms with Crippen molar-refractivity contribution in [3.8, 4) is 0 Å². The first-order valence-electron chi connectivity index (χ1n) is 6.79. The van der Waals surface area contributed by atoms with Crippen LogP contribution in [0, 0.1) is 0 Å². The smallest absolute Gasteiger partial charge is 0.326 e. The van der Waals surface area contributed by atoms with Crippen LogP contribution in [0.2, 0.25) is 0 Å². The average molecular weight is 279 g/mol. The van der Waals surface area contributed by atoms with Gasteiger partial charge in [-0.15, -0.1) is 0 Å². The van der Waals surface area contributed by atoms with Crippen LogP contribution in [0.3, 0.4) is 0 Å². The molecule has 0 fully saturated rings. The van der Waals surface area contributed by atoms with Crippen LogP contribution in [0.5, 0.6) is 0 Å². The molecule has 3 N–H and O–H groups in total. The van der Waals surface area contributed by atoms with E-state index in [0.29, 0.717) is 19.4 Å². The van der Waals surface area contributed by atoms with Crippen LogP contribution in [0.1, 0.15) is 31.7 Å². The third kappa shape index (κ3) is 6.17. The lowest BCUT2D eigenvalue weighted by molar-refractivity contribution is -0.139. The number of hydrogen-bond donors (Lipinski definition) is 3. The normalized spacial score (nSPS) is 11.7. The van der Waals surface area contributed by atoms with Gasteiger partial charge in [0.05, 0.1) is 0 Å². The summed E-state index contributed by atoms with van der Waals surface area (Å²) < 4.78 is 0. The molecule has 0 saturated heterocycles. The molecule has 0 aliphatic rings. The number of amides is 2. The van der Waals surface area contributed by atoms with Gasteiger partial charge in [0.15, 0.2) is 0 Å². The summed E-state index contributed by atoms with van der Waals surface area (Å²) >= 11 is 0. The van der Waals surface area contributed by atoms with Crippen molar-refractivity contribution in [3.05, 3.63) is 30.1 Å². The predicted molar refractivity (Wildman–Crippen MR) is 75.4 cm³/mol. The molecule has 110 valence electrons. The maximum Gasteiger partial charge on any atom is 0.326 e. The zero-order valence-electron chi connectivity index (χ0n) is 11.6. The minimum atomic E-state index is -0.999. The summed E-state index contributed by atoms with van der Waals surface area (Å²) in [6.45, 7) is 2.42. The number of carboxylic acids is 1. The molecule has 0 aromatic carbocycles. The van der Waals surface area contributed by atoms with Crippen LogP contribution in [0.4, 0.5) is 4.79 Å². The minimum absolute atomic E-state index is 0.442. The standard InChI is InChI=1S/C14H21N3O3/c1-2-3-6-12(13(18)19)17-14(20)16-9-7-11-5-4-8-15-10-11/h4-5,8,10,12H,2-3,6-7,9H2,1H3,(H,18,19)(H2,16,17,20). The van der Waals surface area contributed by atoms with Gasteiger partial charge in [0.2, 0.25) is 0 Å². The van der Waals surface area contributed by atoms with Crippen LogP contribution in [0.15, 0.2) is 24.5 Å². The summed E-state index contributed by atoms with van der Waals surface area (Å²) in [6.07, 6.45) is 6.20. The van der Waals surface area contributed by atoms with Crippen molar-refractivity contribution < 1.29 is 14.7 Å². The molecule has 0 bridgehead atoms. The second-order valence-electron chi connectivity index (χ2n) is 4.54. The fourth-order valence-electron chi connectivity index (χ4n) is 1.74. The molecule has 1 atom stereocenters. The quantitative estimate of drug-likeness (QED) is 0.673. The van der Waals surface area contributed by atoms with Gasteiger partial charge in [0.25, 0.3) is 0 Å². The number of carbonyl (C=O) groups excluding carboxylic acids is 1. The molecular weight excluding hydrogens is 258 g/mol. The Labute approximate surface area is 118 Å². The Morgan fingerprint density at radius 1 is 1.45 bits per heavy atom. The second-order valence-corrected chi connectivity index (χ2v) is 4.54. The van der Waals surface area contributed by atoms with Gasteiger partial charge in [0.1, 0.15) is 6.04 Å². The summed E-state index contributed by atoms with van der Waals surface area (Å²) in [5, 5.41) is 14.1. The molecule has 1 aromatic heterocycles. The molecule has 1 heterocycles. The highest BCUT2D eigenvalue weighted by atomic mass is 16.4. The molecule has 0 aliphatic heterocycles. The molecule has 0 saturated carbocycles. The number of rotatable bonds is 8. The van der Waals surface area contributed by atoms with Crippen LogP contribution >= 0.6 is 0 Å². The van der Waals surface area contributed by atoms with Crippen molar-refractivity contribution in [2.45, 2.75) is 38.6 Å². The molecule has 0 aliphatic carbocycles. The SMILES string of the molecule is CCCCC(NC(=O)NCCc1cccnc1)C(=O)O. The lowest BCUT2D eigenvalue weighted by atomic mass is 10.1. The van der Waals surface area contributed by atoms with Crippen LogP contribution in [0.25, 0.3) is 0 Å². The predicted octanol–water partition coefficient (Wildman–Crippen LogP) is 1.57. The van der Waals surface area contributed by atoms with E-state index >= 15 is 0 Å². The number of unbranched alkanes of at least 4 members (excludes halogenated alkanes) is 1. The van der Waals surface area contributed by atoms with E-state index in [0.717, 1.165) is 18.4 Å². The Hall–Kier alpha value is -2.11. The summed E-state index contributed by atoms with van der Waals surface area (Å²) in [7, 11) is 0. The molecule has 0 spiro atoms. The number of aliphatic carboxylic acids is 1. The Kier molecular flexibility index (Phi) is 7.10. The molecule has 0 radical (unpaired) electrons. The van der Waals surface area contributed by atoms with Gasteiger partial charge in [-0.25, -0.2) is 9.59 Å². The van der Waals surface area contributed by atoms with Crippen molar-refractivity contribution in [3.63, 3.8) is 0 Å². The third-order valence-corrected chi connectivity index (χ3v) is 2.87. The topological polar surface area (TPSA) is 91.3 Å².